The quantitative estimate of drug-likeness (QED) is 0.905. The van der Waals surface area contributed by atoms with Crippen LogP contribution >= 0.6 is 11.8 Å². The highest BCUT2D eigenvalue weighted by molar-refractivity contribution is 8.00. The lowest BCUT2D eigenvalue weighted by Gasteiger charge is -2.17. The number of carbonyl (C=O) groups is 1. The molecule has 0 saturated heterocycles. The molecular formula is C15H14N2O3S2. The van der Waals surface area contributed by atoms with Crippen LogP contribution in [0.25, 0.3) is 0 Å². The first-order valence-electron chi connectivity index (χ1n) is 6.60. The van der Waals surface area contributed by atoms with E-state index in [2.05, 4.69) is 10.0 Å². The van der Waals surface area contributed by atoms with Crippen LogP contribution in [0.5, 0.6) is 0 Å². The highest BCUT2D eigenvalue weighted by Gasteiger charge is 2.20. The third-order valence-electron chi connectivity index (χ3n) is 3.20. The van der Waals surface area contributed by atoms with Gasteiger partial charge in [-0.1, -0.05) is 17.7 Å². The van der Waals surface area contributed by atoms with Gasteiger partial charge in [-0.05, 0) is 37.3 Å². The van der Waals surface area contributed by atoms with Crippen molar-refractivity contribution in [2.75, 3.05) is 15.8 Å². The Hall–Kier alpha value is -1.99. The molecule has 0 spiro atoms. The minimum atomic E-state index is -3.65. The van der Waals surface area contributed by atoms with E-state index >= 15 is 0 Å². The molecule has 0 atom stereocenters. The van der Waals surface area contributed by atoms with Gasteiger partial charge in [0.05, 0.1) is 16.3 Å². The van der Waals surface area contributed by atoms with E-state index in [0.29, 0.717) is 17.1 Å². The molecule has 0 fully saturated rings. The molecule has 2 aromatic carbocycles. The Labute approximate surface area is 133 Å². The maximum atomic E-state index is 12.4. The van der Waals surface area contributed by atoms with Crippen LogP contribution in [-0.4, -0.2) is 20.1 Å². The SMILES string of the molecule is Cc1ccc(NS(=O)(=O)c2ccc3c(c2)SCC(=O)N3)cc1. The number of carbonyl (C=O) groups excluding carboxylic acids is 1. The van der Waals surface area contributed by atoms with Crippen molar-refractivity contribution in [3.63, 3.8) is 0 Å². The second-order valence-corrected chi connectivity index (χ2v) is 7.67. The van der Waals surface area contributed by atoms with E-state index in [1.54, 1.807) is 24.3 Å². The second-order valence-electron chi connectivity index (χ2n) is 4.97. The van der Waals surface area contributed by atoms with Crippen molar-refractivity contribution in [2.45, 2.75) is 16.7 Å². The van der Waals surface area contributed by atoms with Crippen LogP contribution in [0.4, 0.5) is 11.4 Å². The monoisotopic (exact) mass is 334 g/mol. The van der Waals surface area contributed by atoms with Gasteiger partial charge in [0.25, 0.3) is 10.0 Å². The summed E-state index contributed by atoms with van der Waals surface area (Å²) in [7, 11) is -3.65. The Kier molecular flexibility index (Phi) is 3.84. The summed E-state index contributed by atoms with van der Waals surface area (Å²) in [6, 6.07) is 11.8. The van der Waals surface area contributed by atoms with Gasteiger partial charge < -0.3 is 5.32 Å². The molecule has 7 heteroatoms. The Morgan fingerprint density at radius 2 is 1.86 bits per heavy atom. The molecule has 2 aromatic rings. The van der Waals surface area contributed by atoms with Crippen molar-refractivity contribution in [1.29, 1.82) is 0 Å². The lowest BCUT2D eigenvalue weighted by Crippen LogP contribution is -2.19. The van der Waals surface area contributed by atoms with Gasteiger partial charge in [0.1, 0.15) is 0 Å². The fourth-order valence-electron chi connectivity index (χ4n) is 2.06. The topological polar surface area (TPSA) is 75.3 Å². The summed E-state index contributed by atoms with van der Waals surface area (Å²) in [4.78, 5) is 12.2. The first-order valence-corrected chi connectivity index (χ1v) is 9.07. The van der Waals surface area contributed by atoms with E-state index in [4.69, 9.17) is 0 Å². The van der Waals surface area contributed by atoms with Crippen molar-refractivity contribution in [3.8, 4) is 0 Å². The Balaban J connectivity index is 1.89. The Bertz CT molecular complexity index is 830. The molecule has 0 radical (unpaired) electrons. The van der Waals surface area contributed by atoms with Gasteiger partial charge in [0, 0.05) is 10.6 Å². The average molecular weight is 334 g/mol. The number of aryl methyl sites for hydroxylation is 1. The van der Waals surface area contributed by atoms with E-state index < -0.39 is 10.0 Å². The molecule has 5 nitrogen and oxygen atoms in total. The molecule has 1 amide bonds. The number of rotatable bonds is 3. The average Bonchev–Trinajstić information content (AvgIpc) is 2.49. The minimum Gasteiger partial charge on any atom is -0.324 e. The molecule has 0 aromatic heterocycles. The zero-order valence-electron chi connectivity index (χ0n) is 11.8. The van der Waals surface area contributed by atoms with E-state index in [0.717, 1.165) is 10.5 Å². The summed E-state index contributed by atoms with van der Waals surface area (Å²) in [5.41, 5.74) is 2.23. The van der Waals surface area contributed by atoms with Crippen molar-refractivity contribution in [3.05, 3.63) is 48.0 Å². The van der Waals surface area contributed by atoms with Gasteiger partial charge in [0.15, 0.2) is 0 Å². The molecule has 0 unspecified atom stereocenters. The Morgan fingerprint density at radius 3 is 2.59 bits per heavy atom. The van der Waals surface area contributed by atoms with Gasteiger partial charge in [0.2, 0.25) is 5.91 Å². The van der Waals surface area contributed by atoms with E-state index in [1.807, 2.05) is 19.1 Å². The largest absolute Gasteiger partial charge is 0.324 e. The highest BCUT2D eigenvalue weighted by Crippen LogP contribution is 2.33. The van der Waals surface area contributed by atoms with Crippen molar-refractivity contribution < 1.29 is 13.2 Å². The number of anilines is 2. The number of sulfonamides is 1. The molecule has 1 aliphatic heterocycles. The smallest absolute Gasteiger partial charge is 0.261 e. The number of hydrogen-bond donors (Lipinski definition) is 2. The third-order valence-corrected chi connectivity index (χ3v) is 5.63. The van der Waals surface area contributed by atoms with Crippen LogP contribution < -0.4 is 10.0 Å². The highest BCUT2D eigenvalue weighted by atomic mass is 32.2. The zero-order chi connectivity index (χ0) is 15.7. The lowest BCUT2D eigenvalue weighted by molar-refractivity contribution is -0.113. The molecule has 2 N–H and O–H groups in total. The molecule has 0 saturated carbocycles. The maximum absolute atomic E-state index is 12.4. The number of benzene rings is 2. The standard InChI is InChI=1S/C15H14N2O3S2/c1-10-2-4-11(5-3-10)17-22(19,20)12-6-7-13-14(8-12)21-9-15(18)16-13/h2-8,17H,9H2,1H3,(H,16,18). The van der Waals surface area contributed by atoms with Crippen LogP contribution in [0.2, 0.25) is 0 Å². The molecule has 0 aliphatic carbocycles. The molecular weight excluding hydrogens is 320 g/mol. The number of amides is 1. The molecule has 0 bridgehead atoms. The molecule has 1 heterocycles. The number of hydrogen-bond acceptors (Lipinski definition) is 4. The molecule has 1 aliphatic rings. The van der Waals surface area contributed by atoms with E-state index in [-0.39, 0.29) is 10.8 Å². The van der Waals surface area contributed by atoms with Crippen molar-refractivity contribution in [1.82, 2.24) is 0 Å². The van der Waals surface area contributed by atoms with Crippen LogP contribution in [0.1, 0.15) is 5.56 Å². The van der Waals surface area contributed by atoms with Crippen LogP contribution in [0.15, 0.2) is 52.3 Å². The Morgan fingerprint density at radius 1 is 1.14 bits per heavy atom. The minimum absolute atomic E-state index is 0.0779. The number of thioether (sulfide) groups is 1. The van der Waals surface area contributed by atoms with E-state index in [1.165, 1.54) is 17.8 Å². The summed E-state index contributed by atoms with van der Waals surface area (Å²) in [5, 5.41) is 2.72. The zero-order valence-corrected chi connectivity index (χ0v) is 13.4. The van der Waals surface area contributed by atoms with Gasteiger partial charge in [-0.3, -0.25) is 9.52 Å². The lowest BCUT2D eigenvalue weighted by atomic mass is 10.2. The maximum Gasteiger partial charge on any atom is 0.261 e. The summed E-state index contributed by atoms with van der Waals surface area (Å²) < 4.78 is 27.4. The fraction of sp³-hybridized carbons (Fsp3) is 0.133. The molecule has 22 heavy (non-hydrogen) atoms. The summed E-state index contributed by atoms with van der Waals surface area (Å²) in [6.45, 7) is 1.94. The second kappa shape index (κ2) is 5.66. The summed E-state index contributed by atoms with van der Waals surface area (Å²) in [6.07, 6.45) is 0. The molecule has 3 rings (SSSR count). The predicted molar refractivity (Wildman–Crippen MR) is 87.8 cm³/mol. The third kappa shape index (κ3) is 3.10. The van der Waals surface area contributed by atoms with Gasteiger partial charge >= 0.3 is 0 Å². The van der Waals surface area contributed by atoms with Crippen LogP contribution in [0, 0.1) is 6.92 Å². The van der Waals surface area contributed by atoms with Crippen molar-refractivity contribution in [2.24, 2.45) is 0 Å². The number of fused-ring (bicyclic) bond motifs is 1. The normalized spacial score (nSPS) is 14.1. The predicted octanol–water partition coefficient (Wildman–Crippen LogP) is 2.84. The summed E-state index contributed by atoms with van der Waals surface area (Å²) in [5.74, 6) is 0.216. The number of nitrogens with one attached hydrogen (secondary N) is 2. The molecule has 114 valence electrons. The first-order chi connectivity index (χ1) is 10.4. The van der Waals surface area contributed by atoms with Crippen molar-refractivity contribution >= 4 is 39.1 Å². The van der Waals surface area contributed by atoms with Crippen LogP contribution in [-0.2, 0) is 14.8 Å². The van der Waals surface area contributed by atoms with Crippen LogP contribution in [0.3, 0.4) is 0 Å². The summed E-state index contributed by atoms with van der Waals surface area (Å²) >= 11 is 1.33. The first kappa shape index (κ1) is 14.9. The van der Waals surface area contributed by atoms with Gasteiger partial charge in [-0.25, -0.2) is 8.42 Å². The fourth-order valence-corrected chi connectivity index (χ4v) is 4.06. The van der Waals surface area contributed by atoms with Gasteiger partial charge in [-0.2, -0.15) is 0 Å². The van der Waals surface area contributed by atoms with E-state index in [9.17, 15) is 13.2 Å². The van der Waals surface area contributed by atoms with Gasteiger partial charge in [-0.15, -0.1) is 11.8 Å².